The first-order chi connectivity index (χ1) is 10.1. The van der Waals surface area contributed by atoms with E-state index >= 15 is 0 Å². The van der Waals surface area contributed by atoms with Crippen molar-refractivity contribution in [2.24, 2.45) is 0 Å². The van der Waals surface area contributed by atoms with Crippen LogP contribution in [-0.4, -0.2) is 8.42 Å². The van der Waals surface area contributed by atoms with E-state index in [0.29, 0.717) is 10.7 Å². The molecular weight excluding hydrogens is 318 g/mol. The van der Waals surface area contributed by atoms with Crippen molar-refractivity contribution >= 4 is 27.3 Å². The topological polar surface area (TPSA) is 46.2 Å². The quantitative estimate of drug-likeness (QED) is 0.878. The fourth-order valence-electron chi connectivity index (χ4n) is 2.00. The molecule has 0 aromatic heterocycles. The molecule has 0 unspecified atom stereocenters. The lowest BCUT2D eigenvalue weighted by molar-refractivity contribution is 0.587. The van der Waals surface area contributed by atoms with Gasteiger partial charge >= 0.3 is 0 Å². The second-order valence-electron chi connectivity index (χ2n) is 6.34. The second-order valence-corrected chi connectivity index (χ2v) is 8.43. The highest BCUT2D eigenvalue weighted by Gasteiger charge is 2.17. The van der Waals surface area contributed by atoms with E-state index in [2.05, 4.69) is 25.5 Å². The molecule has 118 valence electrons. The van der Waals surface area contributed by atoms with Crippen LogP contribution in [0, 0.1) is 6.92 Å². The Bertz CT molecular complexity index is 775. The number of halogens is 1. The largest absolute Gasteiger partial charge is 0.280 e. The Balaban J connectivity index is 2.28. The van der Waals surface area contributed by atoms with E-state index in [9.17, 15) is 8.42 Å². The summed E-state index contributed by atoms with van der Waals surface area (Å²) in [5.74, 6) is 0. The summed E-state index contributed by atoms with van der Waals surface area (Å²) in [7, 11) is -3.61. The predicted octanol–water partition coefficient (Wildman–Crippen LogP) is 4.75. The van der Waals surface area contributed by atoms with Crippen molar-refractivity contribution in [3.8, 4) is 0 Å². The van der Waals surface area contributed by atoms with E-state index in [1.165, 1.54) is 0 Å². The Labute approximate surface area is 137 Å². The van der Waals surface area contributed by atoms with E-state index in [1.54, 1.807) is 30.3 Å². The van der Waals surface area contributed by atoms with Crippen molar-refractivity contribution in [3.05, 3.63) is 58.6 Å². The van der Waals surface area contributed by atoms with Gasteiger partial charge in [0.1, 0.15) is 0 Å². The fraction of sp³-hybridized carbons (Fsp3) is 0.294. The number of benzene rings is 2. The van der Waals surface area contributed by atoms with Crippen molar-refractivity contribution in [2.45, 2.75) is 38.0 Å². The standard InChI is InChI=1S/C17H20ClNO2S/c1-12-5-8-14(11-16(12)18)19-22(20,21)15-9-6-13(7-10-15)17(2,3)4/h5-11,19H,1-4H3. The first kappa shape index (κ1) is 16.8. The van der Waals surface area contributed by atoms with E-state index in [1.807, 2.05) is 19.1 Å². The highest BCUT2D eigenvalue weighted by molar-refractivity contribution is 7.92. The van der Waals surface area contributed by atoms with Gasteiger partial charge in [0.15, 0.2) is 0 Å². The zero-order chi connectivity index (χ0) is 16.5. The molecule has 0 amide bonds. The highest BCUT2D eigenvalue weighted by Crippen LogP contribution is 2.25. The zero-order valence-electron chi connectivity index (χ0n) is 13.1. The molecule has 2 aromatic rings. The van der Waals surface area contributed by atoms with Gasteiger partial charge in [-0.1, -0.05) is 50.6 Å². The third kappa shape index (κ3) is 3.81. The number of hydrogen-bond donors (Lipinski definition) is 1. The number of sulfonamides is 1. The van der Waals surface area contributed by atoms with Crippen LogP contribution in [0.4, 0.5) is 5.69 Å². The minimum Gasteiger partial charge on any atom is -0.280 e. The number of rotatable bonds is 3. The van der Waals surface area contributed by atoms with Gasteiger partial charge in [-0.25, -0.2) is 8.42 Å². The van der Waals surface area contributed by atoms with Gasteiger partial charge in [-0.15, -0.1) is 0 Å². The summed E-state index contributed by atoms with van der Waals surface area (Å²) in [5, 5.41) is 0.531. The molecule has 2 rings (SSSR count). The van der Waals surface area contributed by atoms with E-state index in [0.717, 1.165) is 11.1 Å². The Morgan fingerprint density at radius 1 is 1.00 bits per heavy atom. The summed E-state index contributed by atoms with van der Waals surface area (Å²) >= 11 is 6.02. The monoisotopic (exact) mass is 337 g/mol. The van der Waals surface area contributed by atoms with E-state index in [-0.39, 0.29) is 10.3 Å². The number of hydrogen-bond acceptors (Lipinski definition) is 2. The Kier molecular flexibility index (Phi) is 4.54. The summed E-state index contributed by atoms with van der Waals surface area (Å²) in [5.41, 5.74) is 2.43. The maximum absolute atomic E-state index is 12.4. The first-order valence-corrected chi connectivity index (χ1v) is 8.85. The average Bonchev–Trinajstić information content (AvgIpc) is 2.42. The maximum atomic E-state index is 12.4. The van der Waals surface area contributed by atoms with Crippen LogP contribution < -0.4 is 4.72 Å². The predicted molar refractivity (Wildman–Crippen MR) is 92.1 cm³/mol. The third-order valence-corrected chi connectivity index (χ3v) is 5.26. The van der Waals surface area contributed by atoms with Gasteiger partial charge < -0.3 is 0 Å². The van der Waals surface area contributed by atoms with Gasteiger partial charge in [0, 0.05) is 5.02 Å². The van der Waals surface area contributed by atoms with Crippen molar-refractivity contribution in [3.63, 3.8) is 0 Å². The number of anilines is 1. The van der Waals surface area contributed by atoms with Crippen molar-refractivity contribution in [1.29, 1.82) is 0 Å². The van der Waals surface area contributed by atoms with Crippen LogP contribution in [0.2, 0.25) is 5.02 Å². The number of nitrogens with one attached hydrogen (secondary N) is 1. The van der Waals surface area contributed by atoms with Gasteiger partial charge in [-0.05, 0) is 47.7 Å². The van der Waals surface area contributed by atoms with Crippen molar-refractivity contribution in [2.75, 3.05) is 4.72 Å². The molecule has 0 heterocycles. The average molecular weight is 338 g/mol. The maximum Gasteiger partial charge on any atom is 0.261 e. The summed E-state index contributed by atoms with van der Waals surface area (Å²) in [4.78, 5) is 0.234. The van der Waals surface area contributed by atoms with Crippen LogP contribution in [0.3, 0.4) is 0 Å². The molecule has 0 aliphatic rings. The van der Waals surface area contributed by atoms with Gasteiger partial charge in [-0.2, -0.15) is 0 Å². The van der Waals surface area contributed by atoms with Crippen LogP contribution in [0.1, 0.15) is 31.9 Å². The first-order valence-electron chi connectivity index (χ1n) is 6.99. The van der Waals surface area contributed by atoms with Gasteiger partial charge in [-0.3, -0.25) is 4.72 Å². The van der Waals surface area contributed by atoms with Crippen LogP contribution in [0.5, 0.6) is 0 Å². The molecule has 5 heteroatoms. The normalized spacial score (nSPS) is 12.2. The Morgan fingerprint density at radius 2 is 1.59 bits per heavy atom. The van der Waals surface area contributed by atoms with Crippen LogP contribution >= 0.6 is 11.6 Å². The Morgan fingerprint density at radius 3 is 2.09 bits per heavy atom. The molecule has 0 fully saturated rings. The lowest BCUT2D eigenvalue weighted by Gasteiger charge is -2.19. The van der Waals surface area contributed by atoms with Crippen molar-refractivity contribution < 1.29 is 8.42 Å². The van der Waals surface area contributed by atoms with E-state index < -0.39 is 10.0 Å². The summed E-state index contributed by atoms with van der Waals surface area (Å²) in [6, 6.07) is 12.0. The van der Waals surface area contributed by atoms with Crippen LogP contribution in [-0.2, 0) is 15.4 Å². The smallest absolute Gasteiger partial charge is 0.261 e. The van der Waals surface area contributed by atoms with Gasteiger partial charge in [0.25, 0.3) is 10.0 Å². The van der Waals surface area contributed by atoms with Crippen LogP contribution in [0.15, 0.2) is 47.4 Å². The molecule has 0 radical (unpaired) electrons. The second kappa shape index (κ2) is 5.94. The molecule has 0 atom stereocenters. The molecule has 0 spiro atoms. The highest BCUT2D eigenvalue weighted by atomic mass is 35.5. The van der Waals surface area contributed by atoms with Gasteiger partial charge in [0.05, 0.1) is 10.6 Å². The van der Waals surface area contributed by atoms with E-state index in [4.69, 9.17) is 11.6 Å². The number of aryl methyl sites for hydroxylation is 1. The van der Waals surface area contributed by atoms with Crippen molar-refractivity contribution in [1.82, 2.24) is 0 Å². The molecule has 0 bridgehead atoms. The Hall–Kier alpha value is -1.52. The molecule has 0 saturated carbocycles. The molecule has 2 aromatic carbocycles. The summed E-state index contributed by atoms with van der Waals surface area (Å²) in [6.07, 6.45) is 0. The molecular formula is C17H20ClNO2S. The molecule has 1 N–H and O–H groups in total. The molecule has 0 aliphatic carbocycles. The lowest BCUT2D eigenvalue weighted by Crippen LogP contribution is -2.15. The minimum atomic E-state index is -3.61. The molecule has 3 nitrogen and oxygen atoms in total. The summed E-state index contributed by atoms with van der Waals surface area (Å²) < 4.78 is 27.4. The molecule has 0 aliphatic heterocycles. The summed E-state index contributed by atoms with van der Waals surface area (Å²) in [6.45, 7) is 8.13. The SMILES string of the molecule is Cc1ccc(NS(=O)(=O)c2ccc(C(C)(C)C)cc2)cc1Cl. The zero-order valence-corrected chi connectivity index (χ0v) is 14.7. The fourth-order valence-corrected chi connectivity index (χ4v) is 3.23. The third-order valence-electron chi connectivity index (χ3n) is 3.45. The lowest BCUT2D eigenvalue weighted by atomic mass is 9.87. The minimum absolute atomic E-state index is 0.0137. The molecule has 0 saturated heterocycles. The molecule has 22 heavy (non-hydrogen) atoms. The van der Waals surface area contributed by atoms with Gasteiger partial charge in [0.2, 0.25) is 0 Å². The van der Waals surface area contributed by atoms with Crippen LogP contribution in [0.25, 0.3) is 0 Å².